The van der Waals surface area contributed by atoms with Crippen molar-refractivity contribution in [1.82, 2.24) is 4.90 Å². The first-order valence-corrected chi connectivity index (χ1v) is 10.2. The molecule has 4 rings (SSSR count). The second-order valence-corrected chi connectivity index (χ2v) is 7.38. The maximum Gasteiger partial charge on any atom is 0.227 e. The summed E-state index contributed by atoms with van der Waals surface area (Å²) in [6.07, 6.45) is 1.86. The van der Waals surface area contributed by atoms with Crippen molar-refractivity contribution in [3.05, 3.63) is 53.6 Å². The molecule has 2 amide bonds. The summed E-state index contributed by atoms with van der Waals surface area (Å²) in [6.45, 7) is 5.04. The number of hydrogen-bond donors (Lipinski definition) is 0. The van der Waals surface area contributed by atoms with Crippen LogP contribution in [0.25, 0.3) is 0 Å². The van der Waals surface area contributed by atoms with Gasteiger partial charge in [0.15, 0.2) is 11.5 Å². The van der Waals surface area contributed by atoms with E-state index in [9.17, 15) is 9.59 Å². The molecule has 152 valence electrons. The van der Waals surface area contributed by atoms with Crippen molar-refractivity contribution in [2.45, 2.75) is 32.7 Å². The van der Waals surface area contributed by atoms with Gasteiger partial charge in [-0.25, -0.2) is 0 Å². The van der Waals surface area contributed by atoms with Crippen molar-refractivity contribution in [1.29, 1.82) is 0 Å². The molecule has 0 bridgehead atoms. The molecule has 0 unspecified atom stereocenters. The molecule has 2 aromatic rings. The topological polar surface area (TPSA) is 59.1 Å². The number of benzene rings is 2. The van der Waals surface area contributed by atoms with Crippen LogP contribution in [0.2, 0.25) is 0 Å². The van der Waals surface area contributed by atoms with Crippen molar-refractivity contribution in [2.24, 2.45) is 0 Å². The van der Waals surface area contributed by atoms with Crippen LogP contribution in [0, 0.1) is 0 Å². The van der Waals surface area contributed by atoms with E-state index in [2.05, 4.69) is 0 Å². The van der Waals surface area contributed by atoms with Crippen LogP contribution < -0.4 is 14.4 Å². The SMILES string of the molecule is CCN(Cc1ccc2c(c1)OCCO2)C(=O)Cc1ccc(N2CCCC2=O)cc1. The Labute approximate surface area is 171 Å². The third kappa shape index (κ3) is 4.36. The summed E-state index contributed by atoms with van der Waals surface area (Å²) < 4.78 is 11.2. The Morgan fingerprint density at radius 1 is 1.03 bits per heavy atom. The van der Waals surface area contributed by atoms with Crippen LogP contribution in [0.1, 0.15) is 30.9 Å². The van der Waals surface area contributed by atoms with Crippen LogP contribution in [0.3, 0.4) is 0 Å². The summed E-state index contributed by atoms with van der Waals surface area (Å²) in [5.41, 5.74) is 2.88. The van der Waals surface area contributed by atoms with Crippen LogP contribution in [0.5, 0.6) is 11.5 Å². The van der Waals surface area contributed by atoms with Crippen LogP contribution >= 0.6 is 0 Å². The second kappa shape index (κ2) is 8.55. The normalized spacial score (nSPS) is 15.5. The molecule has 2 aliphatic rings. The molecule has 0 saturated carbocycles. The van der Waals surface area contributed by atoms with E-state index >= 15 is 0 Å². The first-order chi connectivity index (χ1) is 14.1. The smallest absolute Gasteiger partial charge is 0.227 e. The van der Waals surface area contributed by atoms with E-state index in [1.807, 2.05) is 59.2 Å². The Kier molecular flexibility index (Phi) is 5.69. The van der Waals surface area contributed by atoms with E-state index in [0.717, 1.165) is 41.3 Å². The van der Waals surface area contributed by atoms with Crippen molar-refractivity contribution >= 4 is 17.5 Å². The Morgan fingerprint density at radius 3 is 2.45 bits per heavy atom. The lowest BCUT2D eigenvalue weighted by Gasteiger charge is -2.23. The molecule has 29 heavy (non-hydrogen) atoms. The first-order valence-electron chi connectivity index (χ1n) is 10.2. The van der Waals surface area contributed by atoms with Gasteiger partial charge in [-0.15, -0.1) is 0 Å². The number of hydrogen-bond acceptors (Lipinski definition) is 4. The van der Waals surface area contributed by atoms with E-state index in [1.54, 1.807) is 0 Å². The molecule has 0 aromatic heterocycles. The van der Waals surface area contributed by atoms with E-state index in [0.29, 0.717) is 39.1 Å². The molecule has 0 N–H and O–H groups in total. The van der Waals surface area contributed by atoms with Crippen molar-refractivity contribution in [3.63, 3.8) is 0 Å². The maximum absolute atomic E-state index is 12.8. The summed E-state index contributed by atoms with van der Waals surface area (Å²) in [6, 6.07) is 13.6. The lowest BCUT2D eigenvalue weighted by atomic mass is 10.1. The van der Waals surface area contributed by atoms with Crippen LogP contribution in [0.4, 0.5) is 5.69 Å². The number of nitrogens with zero attached hydrogens (tertiary/aromatic N) is 2. The number of carbonyl (C=O) groups is 2. The van der Waals surface area contributed by atoms with E-state index in [1.165, 1.54) is 0 Å². The zero-order valence-corrected chi connectivity index (χ0v) is 16.7. The fourth-order valence-corrected chi connectivity index (χ4v) is 3.78. The monoisotopic (exact) mass is 394 g/mol. The van der Waals surface area contributed by atoms with Gasteiger partial charge in [0.05, 0.1) is 6.42 Å². The highest BCUT2D eigenvalue weighted by atomic mass is 16.6. The Morgan fingerprint density at radius 2 is 1.76 bits per heavy atom. The average molecular weight is 394 g/mol. The number of ether oxygens (including phenoxy) is 2. The number of likely N-dealkylation sites (N-methyl/N-ethyl adjacent to an activating group) is 1. The highest BCUT2D eigenvalue weighted by Gasteiger charge is 2.22. The Balaban J connectivity index is 1.39. The van der Waals surface area contributed by atoms with Gasteiger partial charge in [0, 0.05) is 31.7 Å². The van der Waals surface area contributed by atoms with Gasteiger partial charge in [-0.05, 0) is 48.7 Å². The maximum atomic E-state index is 12.8. The summed E-state index contributed by atoms with van der Waals surface area (Å²) in [5, 5.41) is 0. The second-order valence-electron chi connectivity index (χ2n) is 7.38. The predicted molar refractivity (Wildman–Crippen MR) is 110 cm³/mol. The lowest BCUT2D eigenvalue weighted by molar-refractivity contribution is -0.130. The molecule has 2 aliphatic heterocycles. The lowest BCUT2D eigenvalue weighted by Crippen LogP contribution is -2.31. The zero-order valence-electron chi connectivity index (χ0n) is 16.7. The van der Waals surface area contributed by atoms with Gasteiger partial charge in [0.2, 0.25) is 11.8 Å². The highest BCUT2D eigenvalue weighted by Crippen LogP contribution is 2.31. The van der Waals surface area contributed by atoms with Gasteiger partial charge in [0.1, 0.15) is 13.2 Å². The molecule has 2 aromatic carbocycles. The third-order valence-electron chi connectivity index (χ3n) is 5.39. The van der Waals surface area contributed by atoms with Crippen LogP contribution in [-0.4, -0.2) is 43.0 Å². The molecule has 1 fully saturated rings. The number of fused-ring (bicyclic) bond motifs is 1. The van der Waals surface area contributed by atoms with Crippen molar-refractivity contribution in [2.75, 3.05) is 31.2 Å². The zero-order chi connectivity index (χ0) is 20.2. The molecule has 0 atom stereocenters. The fourth-order valence-electron chi connectivity index (χ4n) is 3.78. The van der Waals surface area contributed by atoms with Crippen LogP contribution in [-0.2, 0) is 22.6 Å². The first kappa shape index (κ1) is 19.3. The Hall–Kier alpha value is -3.02. The number of rotatable bonds is 6. The molecule has 0 aliphatic carbocycles. The summed E-state index contributed by atoms with van der Waals surface area (Å²) >= 11 is 0. The van der Waals surface area contributed by atoms with E-state index < -0.39 is 0 Å². The number of carbonyl (C=O) groups excluding carboxylic acids is 2. The molecule has 6 nitrogen and oxygen atoms in total. The number of anilines is 1. The molecule has 0 spiro atoms. The fraction of sp³-hybridized carbons (Fsp3) is 0.391. The van der Waals surface area contributed by atoms with E-state index in [4.69, 9.17) is 9.47 Å². The third-order valence-corrected chi connectivity index (χ3v) is 5.39. The molecule has 2 heterocycles. The standard InChI is InChI=1S/C23H26N2O4/c1-2-24(16-18-7-10-20-21(14-18)29-13-12-28-20)23(27)15-17-5-8-19(9-6-17)25-11-3-4-22(25)26/h5-10,14H,2-4,11-13,15-16H2,1H3. The summed E-state index contributed by atoms with van der Waals surface area (Å²) in [4.78, 5) is 28.4. The van der Waals surface area contributed by atoms with Gasteiger partial charge in [-0.3, -0.25) is 9.59 Å². The molecular weight excluding hydrogens is 368 g/mol. The van der Waals surface area contributed by atoms with Crippen molar-refractivity contribution < 1.29 is 19.1 Å². The minimum absolute atomic E-state index is 0.0763. The van der Waals surface area contributed by atoms with Gasteiger partial charge in [0.25, 0.3) is 0 Å². The summed E-state index contributed by atoms with van der Waals surface area (Å²) in [7, 11) is 0. The highest BCUT2D eigenvalue weighted by molar-refractivity contribution is 5.95. The van der Waals surface area contributed by atoms with Gasteiger partial charge < -0.3 is 19.3 Å². The molecular formula is C23H26N2O4. The molecule has 6 heteroatoms. The van der Waals surface area contributed by atoms with E-state index in [-0.39, 0.29) is 11.8 Å². The van der Waals surface area contributed by atoms with Gasteiger partial charge in [-0.2, -0.15) is 0 Å². The average Bonchev–Trinajstić information content (AvgIpc) is 3.18. The van der Waals surface area contributed by atoms with Crippen LogP contribution in [0.15, 0.2) is 42.5 Å². The predicted octanol–water partition coefficient (Wildman–Crippen LogP) is 3.18. The summed E-state index contributed by atoms with van der Waals surface area (Å²) in [5.74, 6) is 1.74. The van der Waals surface area contributed by atoms with Crippen molar-refractivity contribution in [3.8, 4) is 11.5 Å². The number of amides is 2. The largest absolute Gasteiger partial charge is 0.486 e. The van der Waals surface area contributed by atoms with Gasteiger partial charge in [-0.1, -0.05) is 18.2 Å². The molecule has 1 saturated heterocycles. The Bertz CT molecular complexity index is 894. The van der Waals surface area contributed by atoms with Gasteiger partial charge >= 0.3 is 0 Å². The minimum Gasteiger partial charge on any atom is -0.486 e. The molecule has 0 radical (unpaired) electrons. The quantitative estimate of drug-likeness (QED) is 0.755. The minimum atomic E-state index is 0.0763.